The van der Waals surface area contributed by atoms with Crippen molar-refractivity contribution in [1.82, 2.24) is 20.0 Å². The van der Waals surface area contributed by atoms with Crippen LogP contribution in [-0.2, 0) is 4.74 Å². The zero-order valence-corrected chi connectivity index (χ0v) is 22.4. The first-order valence-corrected chi connectivity index (χ1v) is 13.4. The Labute approximate surface area is 224 Å². The number of carbonyl (C=O) groups is 2. The predicted molar refractivity (Wildman–Crippen MR) is 149 cm³/mol. The Kier molecular flexibility index (Phi) is 7.74. The van der Waals surface area contributed by atoms with Crippen LogP contribution in [-0.4, -0.2) is 90.8 Å². The summed E-state index contributed by atoms with van der Waals surface area (Å²) < 4.78 is 5.16. The molecule has 0 bridgehead atoms. The third-order valence-electron chi connectivity index (χ3n) is 7.36. The van der Waals surface area contributed by atoms with Gasteiger partial charge >= 0.3 is 6.09 Å². The second-order valence-electron chi connectivity index (χ2n) is 10.3. The van der Waals surface area contributed by atoms with E-state index in [0.717, 1.165) is 55.4 Å². The summed E-state index contributed by atoms with van der Waals surface area (Å²) in [5.74, 6) is 1.81. The summed E-state index contributed by atoms with van der Waals surface area (Å²) in [5, 5.41) is 3.07. The van der Waals surface area contributed by atoms with Gasteiger partial charge in [-0.05, 0) is 68.8 Å². The molecule has 1 fully saturated rings. The van der Waals surface area contributed by atoms with Gasteiger partial charge in [-0.2, -0.15) is 0 Å². The van der Waals surface area contributed by atoms with Crippen LogP contribution >= 0.6 is 0 Å². The summed E-state index contributed by atoms with van der Waals surface area (Å²) in [4.78, 5) is 40.7. The van der Waals surface area contributed by atoms with E-state index in [0.29, 0.717) is 25.3 Å². The fourth-order valence-electron chi connectivity index (χ4n) is 5.09. The van der Waals surface area contributed by atoms with Crippen molar-refractivity contribution in [2.45, 2.75) is 32.7 Å². The summed E-state index contributed by atoms with van der Waals surface area (Å²) in [5.41, 5.74) is 3.68. The van der Waals surface area contributed by atoms with Crippen molar-refractivity contribution in [1.29, 1.82) is 0 Å². The van der Waals surface area contributed by atoms with E-state index in [2.05, 4.69) is 46.5 Å². The van der Waals surface area contributed by atoms with Gasteiger partial charge in [-0.25, -0.2) is 14.8 Å². The molecular weight excluding hydrogens is 480 g/mol. The molecule has 1 N–H and O–H groups in total. The standard InChI is InChI=1S/C29H36N6O3/c1-4-38-29(37)35-16-12-21(13-17-35)25-6-5-14-34-15-11-20(2)26(32-27(25)34)30-23-9-7-22(8-10-23)28(36)31-24-18-33(3)19-24/h5-10,12,14,20,24H,4,11,13,15-19H2,1-3H3,(H,31,36). The third-order valence-corrected chi connectivity index (χ3v) is 7.36. The van der Waals surface area contributed by atoms with Gasteiger partial charge < -0.3 is 24.8 Å². The lowest BCUT2D eigenvalue weighted by atomic mass is 9.96. The van der Waals surface area contributed by atoms with Crippen LogP contribution in [0.1, 0.15) is 37.0 Å². The number of hydrogen-bond acceptors (Lipinski definition) is 6. The average molecular weight is 517 g/mol. The molecular formula is C29H36N6O3. The minimum atomic E-state index is -0.267. The third kappa shape index (κ3) is 5.72. The smallest absolute Gasteiger partial charge is 0.410 e. The number of ether oxygens (including phenoxy) is 1. The monoisotopic (exact) mass is 516 g/mol. The number of fused-ring (bicyclic) bond motifs is 1. The van der Waals surface area contributed by atoms with Crippen LogP contribution in [0.2, 0.25) is 0 Å². The van der Waals surface area contributed by atoms with Crippen molar-refractivity contribution >= 4 is 29.4 Å². The van der Waals surface area contributed by atoms with Gasteiger partial charge in [0.2, 0.25) is 0 Å². The highest BCUT2D eigenvalue weighted by Gasteiger charge is 2.28. The Hall–Kier alpha value is -3.72. The quantitative estimate of drug-likeness (QED) is 0.644. The molecule has 1 atom stereocenters. The minimum absolute atomic E-state index is 0.0490. The van der Waals surface area contributed by atoms with E-state index in [9.17, 15) is 9.59 Å². The molecule has 1 unspecified atom stereocenters. The molecule has 2 amide bonds. The number of likely N-dealkylation sites (tertiary alicyclic amines) is 1. The number of benzene rings is 1. The number of aliphatic imine (C=N–C) groups is 2. The van der Waals surface area contributed by atoms with E-state index in [-0.39, 0.29) is 24.0 Å². The molecule has 0 spiro atoms. The van der Waals surface area contributed by atoms with Gasteiger partial charge in [0.15, 0.2) is 0 Å². The van der Waals surface area contributed by atoms with Gasteiger partial charge in [-0.1, -0.05) is 13.0 Å². The number of likely N-dealkylation sites (N-methyl/N-ethyl adjacent to an activating group) is 1. The average Bonchev–Trinajstić information content (AvgIpc) is 3.07. The Morgan fingerprint density at radius 1 is 1.18 bits per heavy atom. The molecule has 0 aromatic heterocycles. The van der Waals surface area contributed by atoms with Crippen molar-refractivity contribution in [3.05, 3.63) is 65.4 Å². The van der Waals surface area contributed by atoms with E-state index in [1.54, 1.807) is 4.90 Å². The first kappa shape index (κ1) is 25.9. The molecule has 1 saturated heterocycles. The SMILES string of the molecule is CCOC(=O)N1CC=C(C2=CC=CN3CCC(C)C(=Nc4ccc(C(=O)NC5CN(C)C5)cc4)N=C23)CC1. The zero-order valence-electron chi connectivity index (χ0n) is 22.4. The highest BCUT2D eigenvalue weighted by Crippen LogP contribution is 2.28. The molecule has 5 rings (SSSR count). The maximum absolute atomic E-state index is 12.5. The van der Waals surface area contributed by atoms with Crippen LogP contribution in [0.25, 0.3) is 0 Å². The summed E-state index contributed by atoms with van der Waals surface area (Å²) in [6.07, 6.45) is 9.73. The topological polar surface area (TPSA) is 89.8 Å². The first-order valence-electron chi connectivity index (χ1n) is 13.4. The number of rotatable bonds is 5. The van der Waals surface area contributed by atoms with Crippen molar-refractivity contribution in [2.24, 2.45) is 15.9 Å². The van der Waals surface area contributed by atoms with E-state index < -0.39 is 0 Å². The van der Waals surface area contributed by atoms with E-state index in [1.807, 2.05) is 38.2 Å². The van der Waals surface area contributed by atoms with Gasteiger partial charge in [0.05, 0.1) is 18.3 Å². The van der Waals surface area contributed by atoms with E-state index in [1.165, 1.54) is 5.57 Å². The highest BCUT2D eigenvalue weighted by atomic mass is 16.6. The summed E-state index contributed by atoms with van der Waals surface area (Å²) in [6.45, 7) is 8.12. The Morgan fingerprint density at radius 2 is 1.97 bits per heavy atom. The van der Waals surface area contributed by atoms with Crippen molar-refractivity contribution in [3.8, 4) is 0 Å². The number of carbonyl (C=O) groups excluding carboxylic acids is 2. The van der Waals surface area contributed by atoms with Crippen LogP contribution < -0.4 is 5.32 Å². The van der Waals surface area contributed by atoms with Crippen LogP contribution in [0, 0.1) is 5.92 Å². The lowest BCUT2D eigenvalue weighted by molar-refractivity contribution is 0.0857. The van der Waals surface area contributed by atoms with Gasteiger partial charge in [-0.3, -0.25) is 4.79 Å². The van der Waals surface area contributed by atoms with Crippen molar-refractivity contribution in [2.75, 3.05) is 46.4 Å². The second-order valence-corrected chi connectivity index (χ2v) is 10.3. The van der Waals surface area contributed by atoms with Gasteiger partial charge in [-0.15, -0.1) is 0 Å². The fraction of sp³-hybridized carbons (Fsp3) is 0.448. The van der Waals surface area contributed by atoms with Crippen LogP contribution in [0.5, 0.6) is 0 Å². The molecule has 4 aliphatic heterocycles. The predicted octanol–water partition coefficient (Wildman–Crippen LogP) is 3.74. The maximum atomic E-state index is 12.5. The lowest BCUT2D eigenvalue weighted by Crippen LogP contribution is -2.57. The van der Waals surface area contributed by atoms with Crippen LogP contribution in [0.4, 0.5) is 10.5 Å². The number of allylic oxidation sites excluding steroid dienone is 2. The largest absolute Gasteiger partial charge is 0.450 e. The molecule has 1 aromatic rings. The van der Waals surface area contributed by atoms with Crippen LogP contribution in [0.3, 0.4) is 0 Å². The molecule has 4 heterocycles. The number of amidine groups is 2. The van der Waals surface area contributed by atoms with Gasteiger partial charge in [0.1, 0.15) is 11.7 Å². The van der Waals surface area contributed by atoms with Crippen LogP contribution in [0.15, 0.2) is 69.8 Å². The lowest BCUT2D eigenvalue weighted by Gasteiger charge is -2.36. The molecule has 200 valence electrons. The Morgan fingerprint density at radius 3 is 2.66 bits per heavy atom. The normalized spacial score (nSPS) is 23.1. The summed E-state index contributed by atoms with van der Waals surface area (Å²) in [7, 11) is 2.04. The first-order chi connectivity index (χ1) is 18.4. The van der Waals surface area contributed by atoms with Gasteiger partial charge in [0, 0.05) is 56.0 Å². The minimum Gasteiger partial charge on any atom is -0.450 e. The Balaban J connectivity index is 1.34. The zero-order chi connectivity index (χ0) is 26.6. The number of amides is 2. The van der Waals surface area contributed by atoms with Gasteiger partial charge in [0.25, 0.3) is 5.91 Å². The molecule has 9 heteroatoms. The second kappa shape index (κ2) is 11.3. The summed E-state index contributed by atoms with van der Waals surface area (Å²) >= 11 is 0. The van der Waals surface area contributed by atoms with Crippen molar-refractivity contribution in [3.63, 3.8) is 0 Å². The maximum Gasteiger partial charge on any atom is 0.410 e. The number of nitrogens with zero attached hydrogens (tertiary/aromatic N) is 5. The fourth-order valence-corrected chi connectivity index (χ4v) is 5.09. The van der Waals surface area contributed by atoms with E-state index >= 15 is 0 Å². The van der Waals surface area contributed by atoms with E-state index in [4.69, 9.17) is 14.7 Å². The molecule has 1 aromatic carbocycles. The summed E-state index contributed by atoms with van der Waals surface area (Å²) in [6, 6.07) is 7.64. The number of hydrogen-bond donors (Lipinski definition) is 1. The molecule has 0 aliphatic carbocycles. The molecule has 38 heavy (non-hydrogen) atoms. The molecule has 9 nitrogen and oxygen atoms in total. The Bertz CT molecular complexity index is 1220. The number of nitrogens with one attached hydrogen (secondary N) is 1. The highest BCUT2D eigenvalue weighted by molar-refractivity contribution is 6.11. The molecule has 4 aliphatic rings. The van der Waals surface area contributed by atoms with Crippen molar-refractivity contribution < 1.29 is 14.3 Å². The molecule has 0 radical (unpaired) electrons. The molecule has 0 saturated carbocycles.